The Bertz CT molecular complexity index is 699. The standard InChI is InChI=1S/C14H19NO3S/c1-4-19(17,18)9-11-8-15(10(2)3)12-6-5-7-13(16)14(11)12/h5-8,10,16H,4,9H2,1-3H3. The number of aromatic nitrogens is 1. The maximum absolute atomic E-state index is 11.8. The maximum Gasteiger partial charge on any atom is 0.154 e. The van der Waals surface area contributed by atoms with Crippen molar-refractivity contribution in [2.75, 3.05) is 5.75 Å². The van der Waals surface area contributed by atoms with Crippen LogP contribution in [0, 0.1) is 0 Å². The van der Waals surface area contributed by atoms with Crippen molar-refractivity contribution < 1.29 is 13.5 Å². The van der Waals surface area contributed by atoms with E-state index in [0.29, 0.717) is 10.9 Å². The highest BCUT2D eigenvalue weighted by Crippen LogP contribution is 2.32. The minimum Gasteiger partial charge on any atom is -0.507 e. The van der Waals surface area contributed by atoms with Crippen LogP contribution in [-0.4, -0.2) is 23.8 Å². The Morgan fingerprint density at radius 2 is 2.00 bits per heavy atom. The molecule has 0 saturated carbocycles. The summed E-state index contributed by atoms with van der Waals surface area (Å²) >= 11 is 0. The molecule has 0 aliphatic carbocycles. The van der Waals surface area contributed by atoms with E-state index in [0.717, 1.165) is 5.52 Å². The second-order valence-electron chi connectivity index (χ2n) is 5.00. The van der Waals surface area contributed by atoms with E-state index >= 15 is 0 Å². The van der Waals surface area contributed by atoms with Gasteiger partial charge in [0.25, 0.3) is 0 Å². The zero-order valence-corrected chi connectivity index (χ0v) is 12.2. The van der Waals surface area contributed by atoms with E-state index in [9.17, 15) is 13.5 Å². The van der Waals surface area contributed by atoms with Gasteiger partial charge in [0, 0.05) is 23.4 Å². The molecule has 2 rings (SSSR count). The molecular formula is C14H19NO3S. The molecule has 0 atom stereocenters. The minimum atomic E-state index is -3.12. The summed E-state index contributed by atoms with van der Waals surface area (Å²) in [6, 6.07) is 5.48. The van der Waals surface area contributed by atoms with Crippen LogP contribution in [-0.2, 0) is 15.6 Å². The van der Waals surface area contributed by atoms with Crippen LogP contribution in [0.4, 0.5) is 0 Å². The van der Waals surface area contributed by atoms with E-state index in [1.807, 2.05) is 30.7 Å². The molecule has 4 nitrogen and oxygen atoms in total. The number of sulfone groups is 1. The fourth-order valence-corrected chi connectivity index (χ4v) is 3.15. The summed E-state index contributed by atoms with van der Waals surface area (Å²) in [4.78, 5) is 0. The number of phenolic OH excluding ortho intramolecular Hbond substituents is 1. The summed E-state index contributed by atoms with van der Waals surface area (Å²) < 4.78 is 25.6. The fraction of sp³-hybridized carbons (Fsp3) is 0.429. The SMILES string of the molecule is CCS(=O)(=O)Cc1cn(C(C)C)c2cccc(O)c12. The molecule has 104 valence electrons. The van der Waals surface area contributed by atoms with Gasteiger partial charge in [-0.1, -0.05) is 13.0 Å². The number of hydrogen-bond acceptors (Lipinski definition) is 3. The van der Waals surface area contributed by atoms with Crippen LogP contribution in [0.25, 0.3) is 10.9 Å². The molecule has 1 N–H and O–H groups in total. The van der Waals surface area contributed by atoms with Crippen LogP contribution < -0.4 is 0 Å². The van der Waals surface area contributed by atoms with E-state index in [1.54, 1.807) is 19.1 Å². The van der Waals surface area contributed by atoms with Crippen LogP contribution in [0.15, 0.2) is 24.4 Å². The Morgan fingerprint density at radius 3 is 2.58 bits per heavy atom. The first-order chi connectivity index (χ1) is 8.85. The third kappa shape index (κ3) is 2.61. The number of benzene rings is 1. The highest BCUT2D eigenvalue weighted by Gasteiger charge is 2.18. The van der Waals surface area contributed by atoms with Crippen LogP contribution in [0.1, 0.15) is 32.4 Å². The lowest BCUT2D eigenvalue weighted by Gasteiger charge is -2.08. The third-order valence-electron chi connectivity index (χ3n) is 3.29. The summed E-state index contributed by atoms with van der Waals surface area (Å²) in [5.74, 6) is 0.213. The van der Waals surface area contributed by atoms with Gasteiger partial charge in [0.2, 0.25) is 0 Å². The van der Waals surface area contributed by atoms with Gasteiger partial charge in [0.05, 0.1) is 11.3 Å². The van der Waals surface area contributed by atoms with E-state index in [1.165, 1.54) is 0 Å². The van der Waals surface area contributed by atoms with Crippen molar-refractivity contribution in [3.8, 4) is 5.75 Å². The molecule has 5 heteroatoms. The number of fused-ring (bicyclic) bond motifs is 1. The molecule has 0 aliphatic heterocycles. The van der Waals surface area contributed by atoms with Crippen LogP contribution >= 0.6 is 0 Å². The lowest BCUT2D eigenvalue weighted by Crippen LogP contribution is -2.06. The molecule has 0 spiro atoms. The van der Waals surface area contributed by atoms with E-state index in [4.69, 9.17) is 0 Å². The smallest absolute Gasteiger partial charge is 0.154 e. The van der Waals surface area contributed by atoms with Gasteiger partial charge in [0.15, 0.2) is 9.84 Å². The van der Waals surface area contributed by atoms with Crippen molar-refractivity contribution in [2.24, 2.45) is 0 Å². The zero-order valence-electron chi connectivity index (χ0n) is 11.4. The molecule has 1 aromatic heterocycles. The number of aromatic hydroxyl groups is 1. The van der Waals surface area contributed by atoms with Gasteiger partial charge in [-0.3, -0.25) is 0 Å². The van der Waals surface area contributed by atoms with Gasteiger partial charge in [-0.05, 0) is 31.5 Å². The summed E-state index contributed by atoms with van der Waals surface area (Å²) in [6.45, 7) is 5.69. The molecule has 1 aromatic carbocycles. The predicted octanol–water partition coefficient (Wildman–Crippen LogP) is 2.86. The minimum absolute atomic E-state index is 0.0305. The Labute approximate surface area is 113 Å². The Balaban J connectivity index is 2.68. The highest BCUT2D eigenvalue weighted by atomic mass is 32.2. The molecule has 0 radical (unpaired) electrons. The Kier molecular flexibility index (Phi) is 3.58. The van der Waals surface area contributed by atoms with Crippen molar-refractivity contribution in [1.82, 2.24) is 4.57 Å². The molecule has 0 saturated heterocycles. The maximum atomic E-state index is 11.8. The first-order valence-corrected chi connectivity index (χ1v) is 8.19. The molecule has 0 fully saturated rings. The number of hydrogen-bond donors (Lipinski definition) is 1. The monoisotopic (exact) mass is 281 g/mol. The van der Waals surface area contributed by atoms with Gasteiger partial charge < -0.3 is 9.67 Å². The van der Waals surface area contributed by atoms with Crippen molar-refractivity contribution >= 4 is 20.7 Å². The number of nitrogens with zero attached hydrogens (tertiary/aromatic N) is 1. The van der Waals surface area contributed by atoms with Crippen molar-refractivity contribution in [2.45, 2.75) is 32.6 Å². The molecule has 0 aliphatic rings. The second-order valence-corrected chi connectivity index (χ2v) is 7.36. The van der Waals surface area contributed by atoms with Crippen molar-refractivity contribution in [3.63, 3.8) is 0 Å². The topological polar surface area (TPSA) is 59.3 Å². The van der Waals surface area contributed by atoms with Crippen molar-refractivity contribution in [3.05, 3.63) is 30.0 Å². The molecule has 0 bridgehead atoms. The molecule has 0 unspecified atom stereocenters. The van der Waals surface area contributed by atoms with Crippen LogP contribution in [0.2, 0.25) is 0 Å². The summed E-state index contributed by atoms with van der Waals surface area (Å²) in [7, 11) is -3.12. The van der Waals surface area contributed by atoms with Gasteiger partial charge in [-0.15, -0.1) is 0 Å². The summed E-state index contributed by atoms with van der Waals surface area (Å²) in [6.07, 6.45) is 1.84. The lowest BCUT2D eigenvalue weighted by molar-refractivity contribution is 0.481. The molecule has 1 heterocycles. The van der Waals surface area contributed by atoms with Gasteiger partial charge in [-0.2, -0.15) is 0 Å². The van der Waals surface area contributed by atoms with Crippen molar-refractivity contribution in [1.29, 1.82) is 0 Å². The summed E-state index contributed by atoms with van der Waals surface area (Å²) in [5, 5.41) is 10.7. The number of phenols is 1. The zero-order chi connectivity index (χ0) is 14.2. The van der Waals surface area contributed by atoms with Gasteiger partial charge in [0.1, 0.15) is 5.75 Å². The second kappa shape index (κ2) is 4.89. The summed E-state index contributed by atoms with van der Waals surface area (Å²) in [5.41, 5.74) is 1.54. The fourth-order valence-electron chi connectivity index (χ4n) is 2.25. The first kappa shape index (κ1) is 13.9. The van der Waals surface area contributed by atoms with Gasteiger partial charge in [-0.25, -0.2) is 8.42 Å². The van der Waals surface area contributed by atoms with Crippen LogP contribution in [0.5, 0.6) is 5.75 Å². The predicted molar refractivity (Wildman–Crippen MR) is 77.2 cm³/mol. The molecular weight excluding hydrogens is 262 g/mol. The van der Waals surface area contributed by atoms with Gasteiger partial charge >= 0.3 is 0 Å². The molecule has 0 amide bonds. The Morgan fingerprint density at radius 1 is 1.32 bits per heavy atom. The van der Waals surface area contributed by atoms with E-state index in [-0.39, 0.29) is 23.3 Å². The normalized spacial score (nSPS) is 12.4. The average molecular weight is 281 g/mol. The number of rotatable bonds is 4. The van der Waals surface area contributed by atoms with E-state index < -0.39 is 9.84 Å². The Hall–Kier alpha value is -1.49. The first-order valence-electron chi connectivity index (χ1n) is 6.37. The third-order valence-corrected chi connectivity index (χ3v) is 4.92. The molecule has 2 aromatic rings. The van der Waals surface area contributed by atoms with E-state index in [2.05, 4.69) is 0 Å². The largest absolute Gasteiger partial charge is 0.507 e. The quantitative estimate of drug-likeness (QED) is 0.937. The lowest BCUT2D eigenvalue weighted by atomic mass is 10.2. The van der Waals surface area contributed by atoms with Crippen LogP contribution in [0.3, 0.4) is 0 Å². The highest BCUT2D eigenvalue weighted by molar-refractivity contribution is 7.90. The average Bonchev–Trinajstić information content (AvgIpc) is 2.69. The molecule has 19 heavy (non-hydrogen) atoms.